The zero-order valence-corrected chi connectivity index (χ0v) is 14.0. The van der Waals surface area contributed by atoms with E-state index in [2.05, 4.69) is 15.9 Å². The van der Waals surface area contributed by atoms with Crippen molar-refractivity contribution in [3.63, 3.8) is 0 Å². The Labute approximate surface area is 127 Å². The van der Waals surface area contributed by atoms with E-state index < -0.39 is 22.0 Å². The van der Waals surface area contributed by atoms with Crippen molar-refractivity contribution >= 4 is 31.9 Å². The van der Waals surface area contributed by atoms with Crippen LogP contribution in [0, 0.1) is 6.92 Å². The number of rotatable bonds is 6. The molecule has 0 aliphatic rings. The molecule has 1 N–H and O–H groups in total. The van der Waals surface area contributed by atoms with Gasteiger partial charge in [-0.25, -0.2) is 8.42 Å². The van der Waals surface area contributed by atoms with Crippen LogP contribution in [0.15, 0.2) is 27.6 Å². The molecule has 0 radical (unpaired) electrons. The van der Waals surface area contributed by atoms with Gasteiger partial charge in [-0.3, -0.25) is 4.79 Å². The van der Waals surface area contributed by atoms with Crippen LogP contribution in [0.5, 0.6) is 0 Å². The number of carboxylic acids is 1. The highest BCUT2D eigenvalue weighted by atomic mass is 79.9. The SMILES string of the molecule is CCN(C(C)CC(=O)O)S(=O)(=O)c1cc(Br)ccc1C. The summed E-state index contributed by atoms with van der Waals surface area (Å²) in [7, 11) is -3.71. The van der Waals surface area contributed by atoms with Crippen LogP contribution in [0.2, 0.25) is 0 Å². The molecule has 0 aromatic heterocycles. The zero-order valence-electron chi connectivity index (χ0n) is 11.6. The van der Waals surface area contributed by atoms with E-state index in [1.54, 1.807) is 39.0 Å². The molecule has 1 unspecified atom stereocenters. The maximum Gasteiger partial charge on any atom is 0.304 e. The first kappa shape index (κ1) is 17.1. The van der Waals surface area contributed by atoms with Gasteiger partial charge in [0.15, 0.2) is 0 Å². The molecule has 1 atom stereocenters. The average Bonchev–Trinajstić information content (AvgIpc) is 2.31. The Balaban J connectivity index is 3.25. The fraction of sp³-hybridized carbons (Fsp3) is 0.462. The zero-order chi connectivity index (χ0) is 15.5. The smallest absolute Gasteiger partial charge is 0.304 e. The molecule has 0 saturated heterocycles. The van der Waals surface area contributed by atoms with Crippen molar-refractivity contribution in [3.05, 3.63) is 28.2 Å². The van der Waals surface area contributed by atoms with E-state index in [-0.39, 0.29) is 17.9 Å². The highest BCUT2D eigenvalue weighted by Gasteiger charge is 2.30. The maximum absolute atomic E-state index is 12.7. The van der Waals surface area contributed by atoms with Gasteiger partial charge in [0.05, 0.1) is 11.3 Å². The maximum atomic E-state index is 12.7. The molecule has 0 aliphatic heterocycles. The third kappa shape index (κ3) is 3.80. The van der Waals surface area contributed by atoms with Crippen LogP contribution in [-0.4, -0.2) is 36.4 Å². The van der Waals surface area contributed by atoms with E-state index in [4.69, 9.17) is 5.11 Å². The Bertz CT molecular complexity index is 600. The second-order valence-corrected chi connectivity index (χ2v) is 7.34. The third-order valence-corrected chi connectivity index (χ3v) is 5.73. The van der Waals surface area contributed by atoms with Crippen LogP contribution in [0.25, 0.3) is 0 Å². The number of sulfonamides is 1. The first-order valence-electron chi connectivity index (χ1n) is 6.20. The molecule has 0 saturated carbocycles. The van der Waals surface area contributed by atoms with Gasteiger partial charge in [-0.05, 0) is 31.5 Å². The predicted molar refractivity (Wildman–Crippen MR) is 80.2 cm³/mol. The van der Waals surface area contributed by atoms with Gasteiger partial charge in [-0.15, -0.1) is 0 Å². The number of aryl methyl sites for hydroxylation is 1. The molecule has 0 amide bonds. The minimum absolute atomic E-state index is 0.200. The van der Waals surface area contributed by atoms with Crippen LogP contribution in [0.1, 0.15) is 25.8 Å². The van der Waals surface area contributed by atoms with Crippen LogP contribution in [0.3, 0.4) is 0 Å². The highest BCUT2D eigenvalue weighted by molar-refractivity contribution is 9.10. The van der Waals surface area contributed by atoms with Gasteiger partial charge in [0, 0.05) is 17.1 Å². The van der Waals surface area contributed by atoms with E-state index in [1.807, 2.05) is 0 Å². The lowest BCUT2D eigenvalue weighted by Crippen LogP contribution is -2.39. The summed E-state index contributed by atoms with van der Waals surface area (Å²) in [6.07, 6.45) is -0.222. The average molecular weight is 364 g/mol. The van der Waals surface area contributed by atoms with Crippen molar-refractivity contribution in [2.45, 2.75) is 38.1 Å². The topological polar surface area (TPSA) is 74.7 Å². The highest BCUT2D eigenvalue weighted by Crippen LogP contribution is 2.25. The summed E-state index contributed by atoms with van der Waals surface area (Å²) in [6, 6.07) is 4.43. The summed E-state index contributed by atoms with van der Waals surface area (Å²) < 4.78 is 27.2. The molecular formula is C13H18BrNO4S. The lowest BCUT2D eigenvalue weighted by Gasteiger charge is -2.26. The molecule has 5 nitrogen and oxygen atoms in total. The number of carboxylic acid groups (broad SMARTS) is 1. The standard InChI is InChI=1S/C13H18BrNO4S/c1-4-15(10(3)7-13(16)17)20(18,19)12-8-11(14)6-5-9(12)2/h5-6,8,10H,4,7H2,1-3H3,(H,16,17). The summed E-state index contributed by atoms with van der Waals surface area (Å²) in [5.41, 5.74) is 0.633. The number of nitrogens with zero attached hydrogens (tertiary/aromatic N) is 1. The Morgan fingerprint density at radius 1 is 1.45 bits per heavy atom. The molecule has 0 fully saturated rings. The van der Waals surface area contributed by atoms with Gasteiger partial charge in [0.2, 0.25) is 10.0 Å². The summed E-state index contributed by atoms with van der Waals surface area (Å²) in [4.78, 5) is 11.0. The number of hydrogen-bond donors (Lipinski definition) is 1. The number of benzene rings is 1. The molecule has 20 heavy (non-hydrogen) atoms. The molecule has 1 aromatic carbocycles. The molecule has 1 aromatic rings. The largest absolute Gasteiger partial charge is 0.481 e. The summed E-state index contributed by atoms with van der Waals surface area (Å²) in [6.45, 7) is 5.24. The molecule has 0 spiro atoms. The predicted octanol–water partition coefficient (Wildman–Crippen LogP) is 2.63. The molecule has 0 heterocycles. The monoisotopic (exact) mass is 363 g/mol. The van der Waals surface area contributed by atoms with Crippen LogP contribution in [0.4, 0.5) is 0 Å². The van der Waals surface area contributed by atoms with Gasteiger partial charge < -0.3 is 5.11 Å². The van der Waals surface area contributed by atoms with Gasteiger partial charge in [0.1, 0.15) is 0 Å². The molecule has 112 valence electrons. The number of hydrogen-bond acceptors (Lipinski definition) is 3. The van der Waals surface area contributed by atoms with Crippen molar-refractivity contribution in [1.29, 1.82) is 0 Å². The van der Waals surface area contributed by atoms with E-state index >= 15 is 0 Å². The summed E-state index contributed by atoms with van der Waals surface area (Å²) >= 11 is 3.26. The van der Waals surface area contributed by atoms with Crippen molar-refractivity contribution in [2.24, 2.45) is 0 Å². The van der Waals surface area contributed by atoms with Crippen LogP contribution >= 0.6 is 15.9 Å². The van der Waals surface area contributed by atoms with E-state index in [9.17, 15) is 13.2 Å². The van der Waals surface area contributed by atoms with Gasteiger partial charge in [-0.2, -0.15) is 4.31 Å². The van der Waals surface area contributed by atoms with Gasteiger partial charge in [-0.1, -0.05) is 28.9 Å². The molecule has 0 aliphatic carbocycles. The quantitative estimate of drug-likeness (QED) is 0.842. The van der Waals surface area contributed by atoms with Crippen molar-refractivity contribution in [3.8, 4) is 0 Å². The Hall–Kier alpha value is -0.920. The van der Waals surface area contributed by atoms with Crippen molar-refractivity contribution in [1.82, 2.24) is 4.31 Å². The third-order valence-electron chi connectivity index (χ3n) is 3.01. The van der Waals surface area contributed by atoms with Crippen molar-refractivity contribution in [2.75, 3.05) is 6.54 Å². The normalized spacial score (nSPS) is 13.4. The summed E-state index contributed by atoms with van der Waals surface area (Å²) in [5.74, 6) is -1.02. The minimum Gasteiger partial charge on any atom is -0.481 e. The lowest BCUT2D eigenvalue weighted by atomic mass is 10.2. The van der Waals surface area contributed by atoms with Gasteiger partial charge in [0.25, 0.3) is 0 Å². The Morgan fingerprint density at radius 3 is 2.55 bits per heavy atom. The summed E-state index contributed by atoms with van der Waals surface area (Å²) in [5, 5.41) is 8.83. The molecule has 7 heteroatoms. The molecular weight excluding hydrogens is 346 g/mol. The number of halogens is 1. The number of aliphatic carboxylic acids is 1. The first-order valence-corrected chi connectivity index (χ1v) is 8.43. The Kier molecular flexibility index (Phi) is 5.73. The van der Waals surface area contributed by atoms with Crippen molar-refractivity contribution < 1.29 is 18.3 Å². The fourth-order valence-corrected chi connectivity index (χ4v) is 4.46. The fourth-order valence-electron chi connectivity index (χ4n) is 2.05. The van der Waals surface area contributed by atoms with Crippen LogP contribution < -0.4 is 0 Å². The second-order valence-electron chi connectivity index (χ2n) is 4.57. The lowest BCUT2D eigenvalue weighted by molar-refractivity contribution is -0.137. The first-order chi connectivity index (χ1) is 9.20. The second kappa shape index (κ2) is 6.69. The Morgan fingerprint density at radius 2 is 2.05 bits per heavy atom. The van der Waals surface area contributed by atoms with E-state index in [0.717, 1.165) is 0 Å². The minimum atomic E-state index is -3.71. The van der Waals surface area contributed by atoms with E-state index in [0.29, 0.717) is 10.0 Å². The molecule has 1 rings (SSSR count). The van der Waals surface area contributed by atoms with E-state index in [1.165, 1.54) is 4.31 Å². The van der Waals surface area contributed by atoms with Gasteiger partial charge >= 0.3 is 5.97 Å². The number of carbonyl (C=O) groups is 1. The molecule has 0 bridgehead atoms. The van der Waals surface area contributed by atoms with Crippen LogP contribution in [-0.2, 0) is 14.8 Å².